The molecule has 1 aliphatic carbocycles. The SMILES string of the molecule is COC(=O)c1cccc(COC(=O)C2CC2(Cl)Cl)c1. The molecule has 0 aliphatic heterocycles. The quantitative estimate of drug-likeness (QED) is 0.634. The minimum absolute atomic E-state index is 0.0734. The zero-order chi connectivity index (χ0) is 14.0. The van der Waals surface area contributed by atoms with Crippen molar-refractivity contribution in [1.29, 1.82) is 0 Å². The first-order valence-electron chi connectivity index (χ1n) is 5.66. The second kappa shape index (κ2) is 5.39. The summed E-state index contributed by atoms with van der Waals surface area (Å²) in [5, 5.41) is 0. The van der Waals surface area contributed by atoms with Gasteiger partial charge in [0.15, 0.2) is 0 Å². The molecule has 1 unspecified atom stereocenters. The van der Waals surface area contributed by atoms with E-state index in [0.717, 1.165) is 0 Å². The predicted octanol–water partition coefficient (Wildman–Crippen LogP) is 2.71. The third-order valence-corrected chi connectivity index (χ3v) is 3.68. The van der Waals surface area contributed by atoms with Crippen LogP contribution in [0.4, 0.5) is 0 Å². The molecule has 1 aromatic rings. The maximum atomic E-state index is 11.6. The maximum absolute atomic E-state index is 11.6. The molecule has 0 bridgehead atoms. The van der Waals surface area contributed by atoms with Gasteiger partial charge in [0, 0.05) is 0 Å². The molecule has 1 atom stereocenters. The maximum Gasteiger partial charge on any atom is 0.337 e. The van der Waals surface area contributed by atoms with Gasteiger partial charge in [0.25, 0.3) is 0 Å². The van der Waals surface area contributed by atoms with E-state index in [1.807, 2.05) is 0 Å². The van der Waals surface area contributed by atoms with Gasteiger partial charge in [-0.15, -0.1) is 23.2 Å². The Bertz CT molecular complexity index is 513. The second-order valence-corrected chi connectivity index (χ2v) is 5.86. The van der Waals surface area contributed by atoms with Crippen LogP contribution in [-0.4, -0.2) is 23.4 Å². The molecule has 102 valence electrons. The molecule has 0 N–H and O–H groups in total. The first-order valence-corrected chi connectivity index (χ1v) is 6.41. The summed E-state index contributed by atoms with van der Waals surface area (Å²) in [5.41, 5.74) is 1.11. The molecule has 0 spiro atoms. The molecule has 4 nitrogen and oxygen atoms in total. The zero-order valence-electron chi connectivity index (χ0n) is 10.2. The van der Waals surface area contributed by atoms with Gasteiger partial charge in [-0.3, -0.25) is 4.79 Å². The molecule has 1 aliphatic rings. The van der Waals surface area contributed by atoms with E-state index in [1.165, 1.54) is 7.11 Å². The van der Waals surface area contributed by atoms with Gasteiger partial charge >= 0.3 is 11.9 Å². The summed E-state index contributed by atoms with van der Waals surface area (Å²) >= 11 is 11.5. The fourth-order valence-corrected chi connectivity index (χ4v) is 2.12. The number of hydrogen-bond acceptors (Lipinski definition) is 4. The van der Waals surface area contributed by atoms with Crippen molar-refractivity contribution in [3.8, 4) is 0 Å². The summed E-state index contributed by atoms with van der Waals surface area (Å²) in [7, 11) is 1.31. The zero-order valence-corrected chi connectivity index (χ0v) is 11.7. The van der Waals surface area contributed by atoms with Crippen LogP contribution in [0.2, 0.25) is 0 Å². The van der Waals surface area contributed by atoms with Crippen molar-refractivity contribution in [3.05, 3.63) is 35.4 Å². The van der Waals surface area contributed by atoms with Gasteiger partial charge in [-0.2, -0.15) is 0 Å². The summed E-state index contributed by atoms with van der Waals surface area (Å²) in [4.78, 5) is 22.9. The van der Waals surface area contributed by atoms with Crippen LogP contribution in [0.25, 0.3) is 0 Å². The molecule has 0 heterocycles. The van der Waals surface area contributed by atoms with E-state index in [1.54, 1.807) is 24.3 Å². The van der Waals surface area contributed by atoms with Crippen molar-refractivity contribution < 1.29 is 19.1 Å². The van der Waals surface area contributed by atoms with Crippen LogP contribution in [0.1, 0.15) is 22.3 Å². The van der Waals surface area contributed by atoms with Crippen LogP contribution in [-0.2, 0) is 20.9 Å². The van der Waals surface area contributed by atoms with E-state index >= 15 is 0 Å². The van der Waals surface area contributed by atoms with Crippen molar-refractivity contribution in [3.63, 3.8) is 0 Å². The summed E-state index contributed by atoms with van der Waals surface area (Å²) in [5.74, 6) is -1.32. The van der Waals surface area contributed by atoms with Crippen LogP contribution in [0, 0.1) is 5.92 Å². The smallest absolute Gasteiger partial charge is 0.337 e. The molecule has 1 fully saturated rings. The lowest BCUT2D eigenvalue weighted by molar-refractivity contribution is -0.146. The monoisotopic (exact) mass is 302 g/mol. The number of esters is 2. The van der Waals surface area contributed by atoms with E-state index in [-0.39, 0.29) is 6.61 Å². The Morgan fingerprint density at radius 1 is 1.42 bits per heavy atom. The van der Waals surface area contributed by atoms with E-state index in [2.05, 4.69) is 4.74 Å². The lowest BCUT2D eigenvalue weighted by Crippen LogP contribution is -2.11. The fraction of sp³-hybridized carbons (Fsp3) is 0.385. The molecular formula is C13H12Cl2O4. The highest BCUT2D eigenvalue weighted by molar-refractivity contribution is 6.52. The number of carbonyl (C=O) groups excluding carboxylic acids is 2. The Morgan fingerprint density at radius 3 is 2.68 bits per heavy atom. The van der Waals surface area contributed by atoms with Crippen LogP contribution < -0.4 is 0 Å². The predicted molar refractivity (Wildman–Crippen MR) is 70.1 cm³/mol. The Balaban J connectivity index is 1.93. The molecule has 0 aromatic heterocycles. The summed E-state index contributed by atoms with van der Waals surface area (Å²) < 4.78 is 8.73. The van der Waals surface area contributed by atoms with E-state index in [9.17, 15) is 9.59 Å². The van der Waals surface area contributed by atoms with Gasteiger partial charge in [-0.1, -0.05) is 12.1 Å². The first-order chi connectivity index (χ1) is 8.94. The van der Waals surface area contributed by atoms with E-state index in [4.69, 9.17) is 27.9 Å². The van der Waals surface area contributed by atoms with Crippen molar-refractivity contribution in [2.75, 3.05) is 7.11 Å². The van der Waals surface area contributed by atoms with Crippen LogP contribution >= 0.6 is 23.2 Å². The number of halogens is 2. The lowest BCUT2D eigenvalue weighted by Gasteiger charge is -2.06. The van der Waals surface area contributed by atoms with E-state index in [0.29, 0.717) is 17.5 Å². The average Bonchev–Trinajstić information content (AvgIpc) is 3.04. The van der Waals surface area contributed by atoms with Crippen molar-refractivity contribution >= 4 is 35.1 Å². The number of hydrogen-bond donors (Lipinski definition) is 0. The molecule has 6 heteroatoms. The van der Waals surface area contributed by atoms with Gasteiger partial charge in [0.05, 0.1) is 18.6 Å². The summed E-state index contributed by atoms with van der Waals surface area (Å²) in [6, 6.07) is 6.68. The Kier molecular flexibility index (Phi) is 4.02. The summed E-state index contributed by atoms with van der Waals surface area (Å²) in [6.45, 7) is 0.0734. The van der Waals surface area contributed by atoms with Gasteiger partial charge in [0.1, 0.15) is 10.9 Å². The van der Waals surface area contributed by atoms with Crippen LogP contribution in [0.3, 0.4) is 0 Å². The molecule has 1 saturated carbocycles. The molecule has 0 saturated heterocycles. The lowest BCUT2D eigenvalue weighted by atomic mass is 10.1. The average molecular weight is 303 g/mol. The normalized spacial score (nSPS) is 19.6. The van der Waals surface area contributed by atoms with Crippen LogP contribution in [0.15, 0.2) is 24.3 Å². The number of benzene rings is 1. The minimum Gasteiger partial charge on any atom is -0.465 e. The molecular weight excluding hydrogens is 291 g/mol. The summed E-state index contributed by atoms with van der Waals surface area (Å²) in [6.07, 6.45) is 0.414. The highest BCUT2D eigenvalue weighted by Gasteiger charge is 2.57. The molecule has 0 amide bonds. The van der Waals surface area contributed by atoms with Crippen molar-refractivity contribution in [2.45, 2.75) is 17.4 Å². The highest BCUT2D eigenvalue weighted by atomic mass is 35.5. The number of methoxy groups -OCH3 is 1. The van der Waals surface area contributed by atoms with Crippen molar-refractivity contribution in [1.82, 2.24) is 0 Å². The van der Waals surface area contributed by atoms with Gasteiger partial charge in [0.2, 0.25) is 0 Å². The second-order valence-electron chi connectivity index (χ2n) is 4.32. The standard InChI is InChI=1S/C13H12Cl2O4/c1-18-11(16)9-4-2-3-8(5-9)7-19-12(17)10-6-13(10,14)15/h2-5,10H,6-7H2,1H3. The van der Waals surface area contributed by atoms with Gasteiger partial charge < -0.3 is 9.47 Å². The number of rotatable bonds is 4. The number of alkyl halides is 2. The van der Waals surface area contributed by atoms with Gasteiger partial charge in [-0.05, 0) is 24.1 Å². The largest absolute Gasteiger partial charge is 0.465 e. The number of carbonyl (C=O) groups is 2. The topological polar surface area (TPSA) is 52.6 Å². The third-order valence-electron chi connectivity index (χ3n) is 2.84. The fourth-order valence-electron chi connectivity index (χ4n) is 1.63. The van der Waals surface area contributed by atoms with Crippen LogP contribution in [0.5, 0.6) is 0 Å². The third kappa shape index (κ3) is 3.39. The molecule has 1 aromatic carbocycles. The molecule has 0 radical (unpaired) electrons. The van der Waals surface area contributed by atoms with Gasteiger partial charge in [-0.25, -0.2) is 4.79 Å². The molecule has 19 heavy (non-hydrogen) atoms. The van der Waals surface area contributed by atoms with E-state index < -0.39 is 22.2 Å². The van der Waals surface area contributed by atoms with Crippen molar-refractivity contribution in [2.24, 2.45) is 5.92 Å². The minimum atomic E-state index is -0.981. The Labute approximate surface area is 120 Å². The number of ether oxygens (including phenoxy) is 2. The Morgan fingerprint density at radius 2 is 2.11 bits per heavy atom. The molecule has 2 rings (SSSR count). The first kappa shape index (κ1) is 14.2. The highest BCUT2D eigenvalue weighted by Crippen LogP contribution is 2.53. The Hall–Kier alpha value is -1.26.